The Morgan fingerprint density at radius 1 is 0.750 bits per heavy atom. The normalized spacial score (nSPS) is 16.6. The Hall–Kier alpha value is -5.72. The van der Waals surface area contributed by atoms with Gasteiger partial charge in [0.15, 0.2) is 12.1 Å². The molecule has 0 radical (unpaired) electrons. The van der Waals surface area contributed by atoms with Crippen LogP contribution in [0.2, 0.25) is 0 Å². The highest BCUT2D eigenvalue weighted by molar-refractivity contribution is 7.99. The van der Waals surface area contributed by atoms with Crippen LogP contribution in [0.5, 0.6) is 0 Å². The van der Waals surface area contributed by atoms with Crippen LogP contribution in [-0.2, 0) is 32.2 Å². The number of nitrogens with zero attached hydrogens (tertiary/aromatic N) is 1. The van der Waals surface area contributed by atoms with Crippen LogP contribution in [0.1, 0.15) is 60.3 Å². The number of anilines is 2. The van der Waals surface area contributed by atoms with Crippen molar-refractivity contribution >= 4 is 35.0 Å². The van der Waals surface area contributed by atoms with Gasteiger partial charge in [-0.1, -0.05) is 133 Å². The molecule has 0 bridgehead atoms. The van der Waals surface area contributed by atoms with E-state index in [0.717, 1.165) is 44.8 Å². The Kier molecular flexibility index (Phi) is 12.9. The molecule has 2 heterocycles. The first-order chi connectivity index (χ1) is 27.4. The van der Waals surface area contributed by atoms with Crippen molar-refractivity contribution in [1.29, 1.82) is 0 Å². The lowest BCUT2D eigenvalue weighted by atomic mass is 10.0. The highest BCUT2D eigenvalue weighted by Crippen LogP contribution is 2.41. The summed E-state index contributed by atoms with van der Waals surface area (Å²) in [6, 6.07) is 42.7. The van der Waals surface area contributed by atoms with Gasteiger partial charge in [0.2, 0.25) is 11.8 Å². The minimum absolute atomic E-state index is 0.0302. The molecule has 7 rings (SSSR count). The first-order valence-electron chi connectivity index (χ1n) is 18.7. The van der Waals surface area contributed by atoms with E-state index in [1.807, 2.05) is 109 Å². The number of ether oxygens (including phenoxy) is 2. The lowest BCUT2D eigenvalue weighted by Gasteiger charge is -2.36. The fourth-order valence-electron chi connectivity index (χ4n) is 6.44. The molecular weight excluding hydrogens is 725 g/mol. The van der Waals surface area contributed by atoms with E-state index >= 15 is 0 Å². The van der Waals surface area contributed by atoms with Gasteiger partial charge in [-0.05, 0) is 35.2 Å². The number of para-hydroxylation sites is 2. The zero-order valence-corrected chi connectivity index (χ0v) is 31.6. The van der Waals surface area contributed by atoms with Gasteiger partial charge in [-0.3, -0.25) is 9.59 Å². The molecule has 6 aromatic rings. The summed E-state index contributed by atoms with van der Waals surface area (Å²) in [7, 11) is 0. The summed E-state index contributed by atoms with van der Waals surface area (Å²) in [5.41, 5.74) is 13.3. The number of benzene rings is 5. The van der Waals surface area contributed by atoms with Crippen LogP contribution < -0.4 is 16.4 Å². The number of aliphatic hydroxyl groups is 1. The maximum absolute atomic E-state index is 12.6. The molecule has 3 atom stereocenters. The summed E-state index contributed by atoms with van der Waals surface area (Å²) in [6.07, 6.45) is 0.400. The fraction of sp³-hybridized carbons (Fsp3) is 0.222. The largest absolute Gasteiger partial charge is 0.431 e. The van der Waals surface area contributed by atoms with E-state index in [2.05, 4.69) is 10.6 Å². The number of aromatic nitrogens is 1. The van der Waals surface area contributed by atoms with Crippen LogP contribution in [0.25, 0.3) is 22.6 Å². The fourth-order valence-corrected chi connectivity index (χ4v) is 7.28. The Bertz CT molecular complexity index is 2140. The van der Waals surface area contributed by atoms with Crippen molar-refractivity contribution in [1.82, 2.24) is 10.3 Å². The molecule has 11 heteroatoms. The molecule has 10 nitrogen and oxygen atoms in total. The van der Waals surface area contributed by atoms with E-state index in [1.165, 1.54) is 11.8 Å². The average Bonchev–Trinajstić information content (AvgIpc) is 3.68. The standard InChI is InChI=1S/C45H44N4O6S/c46-37-14-7-8-15-38(37)48-41(52)17-9-16-40(51)47-27-30-18-24-35(25-19-30)44-53-36(26-39(54-44)32-22-20-31(28-50)21-23-32)29-56-45-49-42(33-10-3-1-4-11-33)43(55-45)34-12-5-2-6-13-34/h1-8,10-15,18-25,36,39,44,50H,9,16-17,26-29,46H2,(H,47,51)(H,48,52). The third kappa shape index (κ3) is 10.1. The molecule has 3 unspecified atom stereocenters. The second-order valence-corrected chi connectivity index (χ2v) is 14.5. The topological polar surface area (TPSA) is 149 Å². The summed E-state index contributed by atoms with van der Waals surface area (Å²) >= 11 is 1.51. The smallest absolute Gasteiger partial charge is 0.256 e. The molecule has 2 amide bonds. The van der Waals surface area contributed by atoms with Gasteiger partial charge in [0.25, 0.3) is 5.22 Å². The van der Waals surface area contributed by atoms with Crippen molar-refractivity contribution < 1.29 is 28.6 Å². The second kappa shape index (κ2) is 18.7. The van der Waals surface area contributed by atoms with E-state index < -0.39 is 6.29 Å². The van der Waals surface area contributed by atoms with Gasteiger partial charge in [-0.2, -0.15) is 0 Å². The van der Waals surface area contributed by atoms with Crippen LogP contribution in [0, 0.1) is 0 Å². The van der Waals surface area contributed by atoms with Crippen molar-refractivity contribution in [3.8, 4) is 22.6 Å². The lowest BCUT2D eigenvalue weighted by molar-refractivity contribution is -0.245. The number of thioether (sulfide) groups is 1. The molecule has 5 N–H and O–H groups in total. The van der Waals surface area contributed by atoms with Gasteiger partial charge in [0, 0.05) is 48.3 Å². The molecular formula is C45H44N4O6S. The number of hydrogen-bond acceptors (Lipinski definition) is 9. The van der Waals surface area contributed by atoms with Crippen molar-refractivity contribution in [2.45, 2.75) is 62.6 Å². The SMILES string of the molecule is Nc1ccccc1NC(=O)CCCC(=O)NCc1ccc(C2OC(CSc3nc(-c4ccccc4)c(-c4ccccc4)o3)CC(c3ccc(CO)cc3)O2)cc1. The Balaban J connectivity index is 0.982. The third-order valence-corrected chi connectivity index (χ3v) is 10.4. The summed E-state index contributed by atoms with van der Waals surface area (Å²) in [4.78, 5) is 29.8. The molecule has 1 saturated heterocycles. The molecule has 0 saturated carbocycles. The number of aliphatic hydroxyl groups excluding tert-OH is 1. The minimum Gasteiger partial charge on any atom is -0.431 e. The molecule has 1 aliphatic heterocycles. The van der Waals surface area contributed by atoms with E-state index in [0.29, 0.717) is 41.7 Å². The van der Waals surface area contributed by atoms with Crippen LogP contribution >= 0.6 is 11.8 Å². The van der Waals surface area contributed by atoms with Crippen molar-refractivity contribution in [2.75, 3.05) is 16.8 Å². The third-order valence-electron chi connectivity index (χ3n) is 9.48. The summed E-state index contributed by atoms with van der Waals surface area (Å²) in [6.45, 7) is 0.320. The van der Waals surface area contributed by atoms with Gasteiger partial charge < -0.3 is 35.4 Å². The predicted octanol–water partition coefficient (Wildman–Crippen LogP) is 8.85. The van der Waals surface area contributed by atoms with E-state index in [4.69, 9.17) is 24.6 Å². The molecule has 5 aromatic carbocycles. The maximum atomic E-state index is 12.6. The first kappa shape index (κ1) is 38.6. The number of carbonyl (C=O) groups is 2. The molecule has 1 fully saturated rings. The molecule has 0 spiro atoms. The van der Waals surface area contributed by atoms with Gasteiger partial charge in [-0.25, -0.2) is 4.98 Å². The van der Waals surface area contributed by atoms with Crippen molar-refractivity contribution in [3.63, 3.8) is 0 Å². The zero-order valence-electron chi connectivity index (χ0n) is 30.8. The van der Waals surface area contributed by atoms with Gasteiger partial charge in [-0.15, -0.1) is 0 Å². The molecule has 1 aromatic heterocycles. The molecule has 0 aliphatic carbocycles. The quantitative estimate of drug-likeness (QED) is 0.0594. The van der Waals surface area contributed by atoms with Gasteiger partial charge in [0.1, 0.15) is 5.69 Å². The number of carbonyl (C=O) groups excluding carboxylic acids is 2. The number of nitrogen functional groups attached to an aromatic ring is 1. The van der Waals surface area contributed by atoms with E-state index in [9.17, 15) is 14.7 Å². The number of hydrogen-bond donors (Lipinski definition) is 4. The summed E-state index contributed by atoms with van der Waals surface area (Å²) in [5, 5.41) is 15.9. The van der Waals surface area contributed by atoms with Crippen molar-refractivity contribution in [3.05, 3.63) is 156 Å². The number of nitrogens with one attached hydrogen (secondary N) is 2. The lowest BCUT2D eigenvalue weighted by Crippen LogP contribution is -2.31. The second-order valence-electron chi connectivity index (χ2n) is 13.6. The number of nitrogens with two attached hydrogens (primary N) is 1. The Labute approximate surface area is 330 Å². The molecule has 56 heavy (non-hydrogen) atoms. The van der Waals surface area contributed by atoms with Gasteiger partial charge >= 0.3 is 0 Å². The number of rotatable bonds is 15. The predicted molar refractivity (Wildman–Crippen MR) is 218 cm³/mol. The van der Waals surface area contributed by atoms with Crippen molar-refractivity contribution in [2.24, 2.45) is 0 Å². The summed E-state index contributed by atoms with van der Waals surface area (Å²) in [5.74, 6) is 0.990. The van der Waals surface area contributed by atoms with E-state index in [1.54, 1.807) is 24.3 Å². The first-order valence-corrected chi connectivity index (χ1v) is 19.7. The van der Waals surface area contributed by atoms with Crippen LogP contribution in [0.3, 0.4) is 0 Å². The minimum atomic E-state index is -0.637. The van der Waals surface area contributed by atoms with E-state index in [-0.39, 0.29) is 43.5 Å². The maximum Gasteiger partial charge on any atom is 0.256 e. The zero-order chi connectivity index (χ0) is 38.7. The van der Waals surface area contributed by atoms with Gasteiger partial charge in [0.05, 0.1) is 30.2 Å². The van der Waals surface area contributed by atoms with Crippen LogP contribution in [-0.4, -0.2) is 33.8 Å². The van der Waals surface area contributed by atoms with Crippen LogP contribution in [0.4, 0.5) is 11.4 Å². The Morgan fingerprint density at radius 2 is 1.39 bits per heavy atom. The number of oxazole rings is 1. The monoisotopic (exact) mass is 768 g/mol. The average molecular weight is 769 g/mol. The summed E-state index contributed by atoms with van der Waals surface area (Å²) < 4.78 is 19.5. The highest BCUT2D eigenvalue weighted by Gasteiger charge is 2.33. The molecule has 286 valence electrons. The molecule has 1 aliphatic rings. The highest BCUT2D eigenvalue weighted by atomic mass is 32.2. The Morgan fingerprint density at radius 3 is 2.11 bits per heavy atom. The number of amides is 2. The van der Waals surface area contributed by atoms with Crippen LogP contribution in [0.15, 0.2) is 143 Å².